The first-order chi connectivity index (χ1) is 16.7. The summed E-state index contributed by atoms with van der Waals surface area (Å²) in [5, 5.41) is 2.82. The predicted molar refractivity (Wildman–Crippen MR) is 140 cm³/mol. The summed E-state index contributed by atoms with van der Waals surface area (Å²) in [5.74, 6) is -0.347. The van der Waals surface area contributed by atoms with Gasteiger partial charge in [0.25, 0.3) is 10.0 Å². The molecule has 4 rings (SSSR count). The second-order valence-electron chi connectivity index (χ2n) is 8.40. The van der Waals surface area contributed by atoms with Crippen molar-refractivity contribution in [3.63, 3.8) is 0 Å². The van der Waals surface area contributed by atoms with E-state index in [1.807, 2.05) is 31.2 Å². The lowest BCUT2D eigenvalue weighted by Gasteiger charge is -2.24. The van der Waals surface area contributed by atoms with Gasteiger partial charge in [0.15, 0.2) is 0 Å². The molecule has 0 aromatic heterocycles. The third-order valence-corrected chi connectivity index (χ3v) is 8.06. The Morgan fingerprint density at radius 1 is 1.06 bits per heavy atom. The quantitative estimate of drug-likeness (QED) is 0.446. The molecule has 0 bridgehead atoms. The van der Waals surface area contributed by atoms with E-state index in [-0.39, 0.29) is 23.9 Å². The first-order valence-electron chi connectivity index (χ1n) is 11.2. The van der Waals surface area contributed by atoms with Gasteiger partial charge in [-0.2, -0.15) is 0 Å². The summed E-state index contributed by atoms with van der Waals surface area (Å²) in [6.45, 7) is 2.40. The van der Waals surface area contributed by atoms with Crippen LogP contribution in [0.2, 0.25) is 0 Å². The molecule has 2 amide bonds. The Labute approximate surface area is 213 Å². The van der Waals surface area contributed by atoms with Gasteiger partial charge in [0, 0.05) is 29.7 Å². The maximum atomic E-state index is 13.5. The van der Waals surface area contributed by atoms with E-state index >= 15 is 0 Å². The third kappa shape index (κ3) is 5.91. The summed E-state index contributed by atoms with van der Waals surface area (Å²) in [6, 6.07) is 20.8. The number of carbonyl (C=O) groups is 2. The third-order valence-electron chi connectivity index (χ3n) is 5.78. The lowest BCUT2D eigenvalue weighted by atomic mass is 10.2. The van der Waals surface area contributed by atoms with Gasteiger partial charge in [-0.1, -0.05) is 51.8 Å². The first-order valence-corrected chi connectivity index (χ1v) is 13.5. The van der Waals surface area contributed by atoms with E-state index < -0.39 is 15.9 Å². The molecule has 182 valence electrons. The number of hydrogen-bond acceptors (Lipinski definition) is 4. The zero-order valence-electron chi connectivity index (χ0n) is 19.3. The summed E-state index contributed by atoms with van der Waals surface area (Å²) in [5.41, 5.74) is 2.95. The molecule has 0 aliphatic carbocycles. The van der Waals surface area contributed by atoms with E-state index in [0.717, 1.165) is 27.5 Å². The summed E-state index contributed by atoms with van der Waals surface area (Å²) >= 11 is 3.38. The van der Waals surface area contributed by atoms with Crippen LogP contribution >= 0.6 is 15.9 Å². The molecule has 3 aromatic rings. The molecule has 35 heavy (non-hydrogen) atoms. The van der Waals surface area contributed by atoms with Gasteiger partial charge in [0.05, 0.1) is 10.6 Å². The maximum Gasteiger partial charge on any atom is 0.264 e. The molecular weight excluding hydrogens is 530 g/mol. The van der Waals surface area contributed by atoms with Gasteiger partial charge in [-0.3, -0.25) is 13.9 Å². The Bertz CT molecular complexity index is 1340. The highest BCUT2D eigenvalue weighted by Gasteiger charge is 2.27. The topological polar surface area (TPSA) is 86.8 Å². The Hall–Kier alpha value is -3.17. The SMILES string of the molecule is Cc1ccc(S(=O)(=O)N(CC(=O)NCc2cccc(N3CCCC3=O)c2)c2cccc(Br)c2)cc1. The van der Waals surface area contributed by atoms with Crippen LogP contribution in [0.25, 0.3) is 0 Å². The molecule has 0 spiro atoms. The standard InChI is InChI=1S/C26H26BrN3O4S/c1-19-10-12-24(13-11-19)35(33,34)30(23-8-3-6-21(27)16-23)18-25(31)28-17-20-5-2-7-22(15-20)29-14-4-9-26(29)32/h2-3,5-8,10-13,15-16H,4,9,14,17-18H2,1H3,(H,28,31). The molecule has 0 unspecified atom stereocenters. The summed E-state index contributed by atoms with van der Waals surface area (Å²) in [7, 11) is -3.98. The molecule has 0 saturated carbocycles. The van der Waals surface area contributed by atoms with E-state index in [9.17, 15) is 18.0 Å². The minimum atomic E-state index is -3.98. The highest BCUT2D eigenvalue weighted by molar-refractivity contribution is 9.10. The number of anilines is 2. The number of aryl methyl sites for hydroxylation is 1. The molecule has 1 heterocycles. The molecule has 0 atom stereocenters. The molecule has 0 radical (unpaired) electrons. The van der Waals surface area contributed by atoms with Crippen molar-refractivity contribution in [1.82, 2.24) is 5.32 Å². The van der Waals surface area contributed by atoms with Gasteiger partial charge in [-0.25, -0.2) is 8.42 Å². The lowest BCUT2D eigenvalue weighted by Crippen LogP contribution is -2.40. The smallest absolute Gasteiger partial charge is 0.264 e. The molecular formula is C26H26BrN3O4S. The molecule has 7 nitrogen and oxygen atoms in total. The second kappa shape index (κ2) is 10.6. The van der Waals surface area contributed by atoms with Crippen LogP contribution in [0.5, 0.6) is 0 Å². The van der Waals surface area contributed by atoms with Crippen LogP contribution in [0, 0.1) is 6.92 Å². The average molecular weight is 556 g/mol. The fraction of sp³-hybridized carbons (Fsp3) is 0.231. The van der Waals surface area contributed by atoms with Crippen molar-refractivity contribution >= 4 is 49.1 Å². The van der Waals surface area contributed by atoms with Crippen molar-refractivity contribution < 1.29 is 18.0 Å². The van der Waals surface area contributed by atoms with Crippen molar-refractivity contribution in [3.8, 4) is 0 Å². The van der Waals surface area contributed by atoms with Gasteiger partial charge in [-0.15, -0.1) is 0 Å². The zero-order valence-corrected chi connectivity index (χ0v) is 21.7. The number of nitrogens with one attached hydrogen (secondary N) is 1. The number of sulfonamides is 1. The zero-order chi connectivity index (χ0) is 25.0. The minimum Gasteiger partial charge on any atom is -0.350 e. The van der Waals surface area contributed by atoms with Crippen molar-refractivity contribution in [2.24, 2.45) is 0 Å². The number of halogens is 1. The van der Waals surface area contributed by atoms with E-state index in [1.54, 1.807) is 53.4 Å². The van der Waals surface area contributed by atoms with Crippen LogP contribution in [-0.4, -0.2) is 33.3 Å². The lowest BCUT2D eigenvalue weighted by molar-refractivity contribution is -0.120. The largest absolute Gasteiger partial charge is 0.350 e. The van der Waals surface area contributed by atoms with Crippen molar-refractivity contribution in [1.29, 1.82) is 0 Å². The van der Waals surface area contributed by atoms with Crippen molar-refractivity contribution in [2.45, 2.75) is 31.2 Å². The number of hydrogen-bond donors (Lipinski definition) is 1. The molecule has 3 aromatic carbocycles. The fourth-order valence-electron chi connectivity index (χ4n) is 3.93. The predicted octanol–water partition coefficient (Wildman–Crippen LogP) is 4.40. The monoisotopic (exact) mass is 555 g/mol. The Kier molecular flexibility index (Phi) is 7.57. The van der Waals surface area contributed by atoms with E-state index in [2.05, 4.69) is 21.2 Å². The average Bonchev–Trinajstić information content (AvgIpc) is 3.27. The number of amides is 2. The fourth-order valence-corrected chi connectivity index (χ4v) is 5.73. The van der Waals surface area contributed by atoms with Crippen LogP contribution in [0.1, 0.15) is 24.0 Å². The number of nitrogens with zero attached hydrogens (tertiary/aromatic N) is 2. The Morgan fingerprint density at radius 3 is 2.49 bits per heavy atom. The van der Waals surface area contributed by atoms with Gasteiger partial charge in [-0.05, 0) is 61.4 Å². The summed E-state index contributed by atoms with van der Waals surface area (Å²) in [4.78, 5) is 26.8. The summed E-state index contributed by atoms with van der Waals surface area (Å²) < 4.78 is 28.8. The summed E-state index contributed by atoms with van der Waals surface area (Å²) in [6.07, 6.45) is 1.38. The van der Waals surface area contributed by atoms with Crippen molar-refractivity contribution in [2.75, 3.05) is 22.3 Å². The van der Waals surface area contributed by atoms with Gasteiger partial charge in [0.1, 0.15) is 6.54 Å². The van der Waals surface area contributed by atoms with Crippen LogP contribution in [0.3, 0.4) is 0 Å². The second-order valence-corrected chi connectivity index (χ2v) is 11.2. The number of benzene rings is 3. The van der Waals surface area contributed by atoms with Crippen LogP contribution in [0.15, 0.2) is 82.2 Å². The van der Waals surface area contributed by atoms with Crippen LogP contribution in [-0.2, 0) is 26.2 Å². The highest BCUT2D eigenvalue weighted by Crippen LogP contribution is 2.27. The highest BCUT2D eigenvalue weighted by atomic mass is 79.9. The van der Waals surface area contributed by atoms with Crippen LogP contribution in [0.4, 0.5) is 11.4 Å². The molecule has 1 aliphatic rings. The van der Waals surface area contributed by atoms with E-state index in [0.29, 0.717) is 23.1 Å². The molecule has 1 fully saturated rings. The number of rotatable bonds is 8. The van der Waals surface area contributed by atoms with E-state index in [4.69, 9.17) is 0 Å². The molecule has 9 heteroatoms. The minimum absolute atomic E-state index is 0.0946. The maximum absolute atomic E-state index is 13.5. The van der Waals surface area contributed by atoms with Gasteiger partial charge >= 0.3 is 0 Å². The number of carbonyl (C=O) groups excluding carboxylic acids is 2. The van der Waals surface area contributed by atoms with Gasteiger partial charge < -0.3 is 10.2 Å². The Morgan fingerprint density at radius 2 is 1.80 bits per heavy atom. The Balaban J connectivity index is 1.52. The van der Waals surface area contributed by atoms with Crippen LogP contribution < -0.4 is 14.5 Å². The van der Waals surface area contributed by atoms with Crippen molar-refractivity contribution in [3.05, 3.63) is 88.4 Å². The van der Waals surface area contributed by atoms with Gasteiger partial charge in [0.2, 0.25) is 11.8 Å². The molecule has 1 saturated heterocycles. The molecule has 1 N–H and O–H groups in total. The van der Waals surface area contributed by atoms with E-state index in [1.165, 1.54) is 0 Å². The first kappa shape index (κ1) is 24.9. The normalized spacial score (nSPS) is 13.7. The molecule has 1 aliphatic heterocycles.